The van der Waals surface area contributed by atoms with Gasteiger partial charge in [0.05, 0.1) is 11.5 Å². The molecule has 0 saturated heterocycles. The van der Waals surface area contributed by atoms with E-state index in [1.54, 1.807) is 44.5 Å². The molecular weight excluding hydrogens is 684 g/mol. The fourth-order valence-corrected chi connectivity index (χ4v) is 6.80. The van der Waals surface area contributed by atoms with E-state index in [-0.39, 0.29) is 11.9 Å². The second kappa shape index (κ2) is 15.0. The van der Waals surface area contributed by atoms with Gasteiger partial charge in [-0.15, -0.1) is 0 Å². The molecule has 6 N–H and O–H groups in total. The van der Waals surface area contributed by atoms with Crippen molar-refractivity contribution in [3.8, 4) is 0 Å². The molecule has 2 atom stereocenters. The summed E-state index contributed by atoms with van der Waals surface area (Å²) >= 11 is 0. The highest BCUT2D eigenvalue weighted by Crippen LogP contribution is 2.32. The molecule has 2 heterocycles. The molecule has 49 heavy (non-hydrogen) atoms. The Balaban J connectivity index is 0.000000266. The lowest BCUT2D eigenvalue weighted by atomic mass is 9.89. The minimum atomic E-state index is -4.37. The van der Waals surface area contributed by atoms with Gasteiger partial charge in [-0.05, 0) is 58.9 Å². The zero-order valence-corrected chi connectivity index (χ0v) is 28.2. The Bertz CT molecular complexity index is 2040. The number of aromatic nitrogens is 4. The highest BCUT2D eigenvalue weighted by atomic mass is 32.2. The first-order valence-corrected chi connectivity index (χ1v) is 16.9. The minimum absolute atomic E-state index is 0.0516. The summed E-state index contributed by atoms with van der Waals surface area (Å²) in [5.41, 5.74) is 1.95. The number of carboxylic acids is 2. The number of nitrogens with one attached hydrogen (secondary N) is 4. The summed E-state index contributed by atoms with van der Waals surface area (Å²) in [6, 6.07) is 6.16. The van der Waals surface area contributed by atoms with E-state index >= 15 is 0 Å². The molecule has 1 aliphatic rings. The van der Waals surface area contributed by atoms with E-state index < -0.39 is 65.2 Å². The second-order valence-electron chi connectivity index (χ2n) is 10.6. The molecule has 2 aromatic heterocycles. The van der Waals surface area contributed by atoms with Gasteiger partial charge in [0.2, 0.25) is 21.9 Å². The van der Waals surface area contributed by atoms with E-state index in [9.17, 15) is 41.1 Å². The van der Waals surface area contributed by atoms with Crippen molar-refractivity contribution >= 4 is 55.9 Å². The topological polar surface area (TPSA) is 277 Å². The van der Waals surface area contributed by atoms with Crippen molar-refractivity contribution in [2.24, 2.45) is 5.92 Å². The third-order valence-corrected chi connectivity index (χ3v) is 9.97. The lowest BCUT2D eigenvalue weighted by Crippen LogP contribution is -2.52. The maximum Gasteiger partial charge on any atom is 0.337 e. The molecule has 0 aliphatic heterocycles. The number of rotatable bonds is 8. The molecule has 2 unspecified atom stereocenters. The lowest BCUT2D eigenvalue weighted by Gasteiger charge is -2.31. The average molecular weight is 717 g/mol. The largest absolute Gasteiger partial charge is 0.481 e. The normalized spacial score (nSPS) is 16.8. The fraction of sp³-hybridized carbons (Fsp3) is 0.241. The molecule has 1 aromatic carbocycles. The van der Waals surface area contributed by atoms with Gasteiger partial charge in [-0.1, -0.05) is 36.4 Å². The van der Waals surface area contributed by atoms with Crippen LogP contribution in [-0.4, -0.2) is 75.7 Å². The molecule has 0 saturated carbocycles. The van der Waals surface area contributed by atoms with Gasteiger partial charge >= 0.3 is 24.0 Å². The second-order valence-corrected chi connectivity index (χ2v) is 14.4. The Hall–Kier alpha value is -5.76. The summed E-state index contributed by atoms with van der Waals surface area (Å²) in [4.78, 5) is 61.7. The molecule has 1 aliphatic carbocycles. The first kappa shape index (κ1) is 37.7. The number of allylic oxidation sites excluding steroid dienone is 2. The summed E-state index contributed by atoms with van der Waals surface area (Å²) in [5, 5.41) is 22.8. The van der Waals surface area contributed by atoms with Crippen molar-refractivity contribution in [2.75, 3.05) is 10.6 Å². The molecule has 20 heteroatoms. The summed E-state index contributed by atoms with van der Waals surface area (Å²) in [6.07, 6.45) is 5.35. The number of hydrogen-bond donors (Lipinski definition) is 6. The van der Waals surface area contributed by atoms with E-state index in [1.165, 1.54) is 43.4 Å². The van der Waals surface area contributed by atoms with E-state index in [4.69, 9.17) is 5.11 Å². The van der Waals surface area contributed by atoms with Gasteiger partial charge in [0.25, 0.3) is 10.0 Å². The number of carbonyl (C=O) groups is 4. The van der Waals surface area contributed by atoms with Crippen molar-refractivity contribution in [3.05, 3.63) is 89.0 Å². The zero-order chi connectivity index (χ0) is 36.7. The van der Waals surface area contributed by atoms with Crippen LogP contribution in [0.4, 0.5) is 21.5 Å². The number of hydrogen-bond acceptors (Lipinski definition) is 12. The summed E-state index contributed by atoms with van der Waals surface area (Å²) in [7, 11) is -8.73. The van der Waals surface area contributed by atoms with Crippen LogP contribution < -0.4 is 20.1 Å². The Morgan fingerprint density at radius 1 is 0.735 bits per heavy atom. The van der Waals surface area contributed by atoms with E-state index in [1.807, 2.05) is 4.72 Å². The van der Waals surface area contributed by atoms with Gasteiger partial charge in [0, 0.05) is 22.8 Å². The molecule has 3 aromatic rings. The maximum absolute atomic E-state index is 12.6. The predicted octanol–water partition coefficient (Wildman–Crippen LogP) is 2.43. The summed E-state index contributed by atoms with van der Waals surface area (Å²) in [5.74, 6) is -4.18. The molecule has 0 spiro atoms. The van der Waals surface area contributed by atoms with Gasteiger partial charge in [0.1, 0.15) is 9.64 Å². The van der Waals surface area contributed by atoms with Crippen LogP contribution in [0.3, 0.4) is 0 Å². The highest BCUT2D eigenvalue weighted by molar-refractivity contribution is 7.91. The molecule has 4 amide bonds. The van der Waals surface area contributed by atoms with Crippen molar-refractivity contribution in [1.82, 2.24) is 29.4 Å². The molecule has 18 nitrogen and oxygen atoms in total. The molecule has 0 radical (unpaired) electrons. The van der Waals surface area contributed by atoms with Gasteiger partial charge in [0.15, 0.2) is 0 Å². The minimum Gasteiger partial charge on any atom is -0.481 e. The fourth-order valence-electron chi connectivity index (χ4n) is 4.41. The van der Waals surface area contributed by atoms with Crippen molar-refractivity contribution in [1.29, 1.82) is 0 Å². The van der Waals surface area contributed by atoms with Crippen LogP contribution in [-0.2, 0) is 24.8 Å². The zero-order valence-electron chi connectivity index (χ0n) is 26.6. The molecular formula is C29H32N8O10S2. The SMILES string of the molecule is Cc1cc(C)nc(NC(=O)NS(=O)(=O)C2(C)C=CC=CC2C(=O)O)n1.Cc1cc(C)nc(NC(=O)NS(=O)(=O)c2ccccc2C(=O)O)n1. The van der Waals surface area contributed by atoms with Crippen molar-refractivity contribution in [2.45, 2.75) is 44.3 Å². The highest BCUT2D eigenvalue weighted by Gasteiger charge is 2.48. The third-order valence-electron chi connectivity index (χ3n) is 6.58. The first-order valence-electron chi connectivity index (χ1n) is 14.0. The number of carboxylic acid groups (broad SMARTS) is 2. The lowest BCUT2D eigenvalue weighted by molar-refractivity contribution is -0.140. The van der Waals surface area contributed by atoms with Crippen LogP contribution in [0.5, 0.6) is 0 Å². The molecule has 0 fully saturated rings. The Morgan fingerprint density at radius 2 is 1.20 bits per heavy atom. The average Bonchev–Trinajstić information content (AvgIpc) is 2.95. The van der Waals surface area contributed by atoms with Gasteiger partial charge < -0.3 is 10.2 Å². The van der Waals surface area contributed by atoms with Gasteiger partial charge in [-0.2, -0.15) is 0 Å². The van der Waals surface area contributed by atoms with Crippen molar-refractivity contribution in [3.63, 3.8) is 0 Å². The standard InChI is InChI=1S/C15H18N4O5S.C14H14N4O5S/c1-9-8-10(2)17-13(16-9)18-14(22)19-25(23,24)15(3)7-5-4-6-11(15)12(20)21;1-8-7-9(2)16-13(15-8)17-14(21)18-24(22,23)11-6-4-3-5-10(11)12(19)20/h4-8,11H,1-3H3,(H,20,21)(H2,16,17,18,19,22);3-7H,1-2H3,(H,19,20)(H2,15,16,17,18,21). The Kier molecular flexibility index (Phi) is 11.5. The number of anilines is 2. The quantitative estimate of drug-likeness (QED) is 0.195. The summed E-state index contributed by atoms with van der Waals surface area (Å²) < 4.78 is 51.4. The predicted molar refractivity (Wildman–Crippen MR) is 175 cm³/mol. The number of aromatic carboxylic acids is 1. The third kappa shape index (κ3) is 9.64. The number of carbonyl (C=O) groups excluding carboxylic acids is 2. The number of aliphatic carboxylic acids is 1. The van der Waals surface area contributed by atoms with E-state index in [0.29, 0.717) is 22.8 Å². The molecule has 0 bridgehead atoms. The van der Waals surface area contributed by atoms with Crippen LogP contribution >= 0.6 is 0 Å². The monoisotopic (exact) mass is 716 g/mol. The van der Waals surface area contributed by atoms with Crippen LogP contribution in [0.25, 0.3) is 0 Å². The number of sulfonamides is 2. The number of aryl methyl sites for hydroxylation is 4. The first-order chi connectivity index (χ1) is 22.7. The van der Waals surface area contributed by atoms with Crippen molar-refractivity contribution < 1.29 is 46.2 Å². The Morgan fingerprint density at radius 3 is 1.67 bits per heavy atom. The van der Waals surface area contributed by atoms with Crippen LogP contribution in [0.1, 0.15) is 40.1 Å². The van der Waals surface area contributed by atoms with E-state index in [2.05, 4.69) is 30.6 Å². The number of amides is 4. The molecule has 4 rings (SSSR count). The van der Waals surface area contributed by atoms with E-state index in [0.717, 1.165) is 12.1 Å². The number of benzene rings is 1. The van der Waals surface area contributed by atoms with Gasteiger partial charge in [-0.25, -0.2) is 60.6 Å². The smallest absolute Gasteiger partial charge is 0.337 e. The Labute approximate surface area is 280 Å². The van der Waals surface area contributed by atoms with Gasteiger partial charge in [-0.3, -0.25) is 15.4 Å². The van der Waals surface area contributed by atoms with Crippen LogP contribution in [0.2, 0.25) is 0 Å². The van der Waals surface area contributed by atoms with Crippen LogP contribution in [0, 0.1) is 33.6 Å². The summed E-state index contributed by atoms with van der Waals surface area (Å²) in [6.45, 7) is 8.02. The maximum atomic E-state index is 12.6. The van der Waals surface area contributed by atoms with Crippen LogP contribution in [0.15, 0.2) is 65.6 Å². The molecule has 260 valence electrons. The number of nitrogens with zero attached hydrogens (tertiary/aromatic N) is 4. The number of urea groups is 2.